The van der Waals surface area contributed by atoms with Crippen LogP contribution in [-0.2, 0) is 14.4 Å². The van der Waals surface area contributed by atoms with E-state index in [9.17, 15) is 4.79 Å². The molecule has 0 radical (unpaired) electrons. The minimum Gasteiger partial charge on any atom is -0.473 e. The molecule has 0 unspecified atom stereocenters. The van der Waals surface area contributed by atoms with Gasteiger partial charge in [-0.25, -0.2) is 9.59 Å². The van der Waals surface area contributed by atoms with E-state index in [1.165, 1.54) is 0 Å². The molecule has 0 aliphatic carbocycles. The lowest BCUT2D eigenvalue weighted by Crippen LogP contribution is -2.35. The highest BCUT2D eigenvalue weighted by Gasteiger charge is 2.12. The Morgan fingerprint density at radius 3 is 1.97 bits per heavy atom. The molecule has 2 aromatic carbocycles. The molecule has 0 heterocycles. The number of hydrogen-bond acceptors (Lipinski definition) is 4. The summed E-state index contributed by atoms with van der Waals surface area (Å²) < 4.78 is 0. The topological polar surface area (TPSA) is 107 Å². The number of carbonyl (C=O) groups excluding carboxylic acids is 1. The van der Waals surface area contributed by atoms with Crippen molar-refractivity contribution < 1.29 is 24.6 Å². The molecule has 7 nitrogen and oxygen atoms in total. The first kappa shape index (κ1) is 25.9. The number of nitrogens with one attached hydrogen (secondary N) is 1. The van der Waals surface area contributed by atoms with Gasteiger partial charge in [0, 0.05) is 23.7 Å². The van der Waals surface area contributed by atoms with E-state index < -0.39 is 11.9 Å². The summed E-state index contributed by atoms with van der Waals surface area (Å²) in [5.74, 6) is -3.72. The zero-order valence-electron chi connectivity index (χ0n) is 17.5. The number of halogens is 1. The standard InChI is InChI=1S/C21H25ClN2O.C2H2O4/c1-3-24(4-2)15-14-23-21(25)20(16-17-8-6-5-7-9-17)18-10-12-19(22)13-11-18;3-1(4)2(5)6/h5-13,16H,3-4,14-15H2,1-2H3,(H,23,25);(H,3,4)(H,5,6)/b20-16+;. The number of aliphatic carboxylic acids is 2. The fourth-order valence-electron chi connectivity index (χ4n) is 2.59. The third kappa shape index (κ3) is 9.93. The van der Waals surface area contributed by atoms with E-state index in [1.807, 2.05) is 48.5 Å². The van der Waals surface area contributed by atoms with Crippen molar-refractivity contribution in [1.29, 1.82) is 0 Å². The second-order valence-corrected chi connectivity index (χ2v) is 6.81. The lowest BCUT2D eigenvalue weighted by atomic mass is 10.0. The van der Waals surface area contributed by atoms with Gasteiger partial charge in [-0.15, -0.1) is 0 Å². The van der Waals surface area contributed by atoms with Gasteiger partial charge < -0.3 is 20.4 Å². The van der Waals surface area contributed by atoms with Crippen molar-refractivity contribution in [3.05, 3.63) is 70.7 Å². The lowest BCUT2D eigenvalue weighted by Gasteiger charge is -2.18. The van der Waals surface area contributed by atoms with Gasteiger partial charge in [-0.2, -0.15) is 0 Å². The van der Waals surface area contributed by atoms with Crippen LogP contribution < -0.4 is 5.32 Å². The largest absolute Gasteiger partial charge is 0.473 e. The van der Waals surface area contributed by atoms with E-state index in [-0.39, 0.29) is 5.91 Å². The molecular weight excluding hydrogens is 420 g/mol. The van der Waals surface area contributed by atoms with Crippen molar-refractivity contribution in [1.82, 2.24) is 10.2 Å². The summed E-state index contributed by atoms with van der Waals surface area (Å²) in [6.45, 7) is 7.68. The fourth-order valence-corrected chi connectivity index (χ4v) is 2.71. The van der Waals surface area contributed by atoms with Crippen molar-refractivity contribution in [2.75, 3.05) is 26.2 Å². The van der Waals surface area contributed by atoms with Crippen molar-refractivity contribution in [3.8, 4) is 0 Å². The van der Waals surface area contributed by atoms with Crippen LogP contribution in [0.5, 0.6) is 0 Å². The van der Waals surface area contributed by atoms with E-state index in [2.05, 4.69) is 24.1 Å². The zero-order chi connectivity index (χ0) is 23.2. The van der Waals surface area contributed by atoms with Gasteiger partial charge >= 0.3 is 11.9 Å². The molecule has 0 aliphatic heterocycles. The predicted molar refractivity (Wildman–Crippen MR) is 122 cm³/mol. The summed E-state index contributed by atoms with van der Waals surface area (Å²) >= 11 is 5.98. The SMILES string of the molecule is CCN(CC)CCNC(=O)/C(=C/c1ccccc1)c1ccc(Cl)cc1.O=C(O)C(=O)O. The quantitative estimate of drug-likeness (QED) is 0.325. The minimum absolute atomic E-state index is 0.0710. The predicted octanol–water partition coefficient (Wildman–Crippen LogP) is 3.49. The Hall–Kier alpha value is -3.16. The van der Waals surface area contributed by atoms with Crippen molar-refractivity contribution >= 4 is 41.1 Å². The van der Waals surface area contributed by atoms with Crippen molar-refractivity contribution in [2.45, 2.75) is 13.8 Å². The van der Waals surface area contributed by atoms with Gasteiger partial charge in [0.05, 0.1) is 0 Å². The molecule has 0 spiro atoms. The molecule has 0 aliphatic rings. The molecule has 8 heteroatoms. The van der Waals surface area contributed by atoms with Crippen LogP contribution in [-0.4, -0.2) is 59.1 Å². The number of amides is 1. The molecule has 0 saturated carbocycles. The average molecular weight is 447 g/mol. The normalized spacial score (nSPS) is 10.8. The second-order valence-electron chi connectivity index (χ2n) is 6.37. The van der Waals surface area contributed by atoms with Crippen LogP contribution in [0.4, 0.5) is 0 Å². The highest BCUT2D eigenvalue weighted by Crippen LogP contribution is 2.20. The van der Waals surface area contributed by atoms with Gasteiger partial charge in [0.1, 0.15) is 0 Å². The fraction of sp³-hybridized carbons (Fsp3) is 0.261. The van der Waals surface area contributed by atoms with Gasteiger partial charge in [0.15, 0.2) is 0 Å². The third-order valence-corrected chi connectivity index (χ3v) is 4.55. The summed E-state index contributed by atoms with van der Waals surface area (Å²) in [5.41, 5.74) is 2.49. The van der Waals surface area contributed by atoms with Crippen LogP contribution in [0, 0.1) is 0 Å². The van der Waals surface area contributed by atoms with Crippen LogP contribution in [0.15, 0.2) is 54.6 Å². The summed E-state index contributed by atoms with van der Waals surface area (Å²) in [6, 6.07) is 17.2. The van der Waals surface area contributed by atoms with Gasteiger partial charge in [0.2, 0.25) is 0 Å². The van der Waals surface area contributed by atoms with Crippen LogP contribution in [0.25, 0.3) is 11.6 Å². The first-order valence-electron chi connectivity index (χ1n) is 9.77. The Bertz CT molecular complexity index is 867. The lowest BCUT2D eigenvalue weighted by molar-refractivity contribution is -0.159. The summed E-state index contributed by atoms with van der Waals surface area (Å²) in [7, 11) is 0. The average Bonchev–Trinajstić information content (AvgIpc) is 2.77. The number of nitrogens with zero attached hydrogens (tertiary/aromatic N) is 1. The van der Waals surface area contributed by atoms with Gasteiger partial charge in [-0.05, 0) is 42.4 Å². The Morgan fingerprint density at radius 1 is 0.935 bits per heavy atom. The van der Waals surface area contributed by atoms with Crippen LogP contribution in [0.2, 0.25) is 5.02 Å². The molecule has 0 atom stereocenters. The Balaban J connectivity index is 0.000000703. The molecule has 2 rings (SSSR count). The highest BCUT2D eigenvalue weighted by molar-refractivity contribution is 6.31. The van der Waals surface area contributed by atoms with Crippen LogP contribution in [0.3, 0.4) is 0 Å². The molecule has 0 bridgehead atoms. The molecular formula is C23H27ClN2O5. The minimum atomic E-state index is -1.82. The van der Waals surface area contributed by atoms with E-state index in [1.54, 1.807) is 12.1 Å². The van der Waals surface area contributed by atoms with Crippen molar-refractivity contribution in [2.24, 2.45) is 0 Å². The molecule has 2 aromatic rings. The second kappa shape index (κ2) is 14.0. The van der Waals surface area contributed by atoms with Gasteiger partial charge in [0.25, 0.3) is 5.91 Å². The van der Waals surface area contributed by atoms with Gasteiger partial charge in [-0.1, -0.05) is 67.9 Å². The number of carbonyl (C=O) groups is 3. The number of carboxylic acids is 2. The van der Waals surface area contributed by atoms with Crippen LogP contribution in [0.1, 0.15) is 25.0 Å². The zero-order valence-corrected chi connectivity index (χ0v) is 18.3. The smallest absolute Gasteiger partial charge is 0.414 e. The molecule has 0 fully saturated rings. The summed E-state index contributed by atoms with van der Waals surface area (Å²) in [5, 5.41) is 18.5. The Labute approximate surface area is 187 Å². The number of benzene rings is 2. The molecule has 0 aromatic heterocycles. The first-order valence-corrected chi connectivity index (χ1v) is 10.2. The number of rotatable bonds is 8. The molecule has 1 amide bonds. The maximum Gasteiger partial charge on any atom is 0.414 e. The summed E-state index contributed by atoms with van der Waals surface area (Å²) in [6.07, 6.45) is 1.91. The van der Waals surface area contributed by atoms with E-state index >= 15 is 0 Å². The third-order valence-electron chi connectivity index (χ3n) is 4.30. The van der Waals surface area contributed by atoms with E-state index in [0.717, 1.165) is 30.8 Å². The molecule has 3 N–H and O–H groups in total. The van der Waals surface area contributed by atoms with E-state index in [4.69, 9.17) is 31.4 Å². The molecule has 166 valence electrons. The first-order chi connectivity index (χ1) is 14.8. The maximum absolute atomic E-state index is 12.8. The highest BCUT2D eigenvalue weighted by atomic mass is 35.5. The van der Waals surface area contributed by atoms with Crippen molar-refractivity contribution in [3.63, 3.8) is 0 Å². The monoisotopic (exact) mass is 446 g/mol. The number of hydrogen-bond donors (Lipinski definition) is 3. The van der Waals surface area contributed by atoms with Gasteiger partial charge in [-0.3, -0.25) is 4.79 Å². The Kier molecular flexibility index (Phi) is 11.6. The van der Waals surface area contributed by atoms with Crippen LogP contribution >= 0.6 is 11.6 Å². The summed E-state index contributed by atoms with van der Waals surface area (Å²) in [4.78, 5) is 33.2. The maximum atomic E-state index is 12.8. The molecule has 0 saturated heterocycles. The number of carboxylic acid groups (broad SMARTS) is 2. The number of likely N-dealkylation sites (N-methyl/N-ethyl adjacent to an activating group) is 1. The molecule has 31 heavy (non-hydrogen) atoms. The Morgan fingerprint density at radius 2 is 1.48 bits per heavy atom. The van der Waals surface area contributed by atoms with E-state index in [0.29, 0.717) is 17.1 Å².